The molecule has 1 aliphatic rings. The number of aromatic nitrogens is 1. The van der Waals surface area contributed by atoms with Crippen molar-refractivity contribution in [2.24, 2.45) is 7.05 Å². The Morgan fingerprint density at radius 2 is 1.67 bits per heavy atom. The normalized spacial score (nSPS) is 15.5. The number of alkyl halides is 3. The molecule has 158 valence electrons. The van der Waals surface area contributed by atoms with Gasteiger partial charge >= 0.3 is 6.36 Å². The highest BCUT2D eigenvalue weighted by Gasteiger charge is 2.31. The van der Waals surface area contributed by atoms with Gasteiger partial charge in [0.05, 0.1) is 5.56 Å². The maximum atomic E-state index is 13.0. The first-order chi connectivity index (χ1) is 14.3. The van der Waals surface area contributed by atoms with Crippen molar-refractivity contribution in [3.63, 3.8) is 0 Å². The fourth-order valence-corrected chi connectivity index (χ4v) is 3.85. The highest BCUT2D eigenvalue weighted by molar-refractivity contribution is 6.07. The van der Waals surface area contributed by atoms with Gasteiger partial charge in [-0.15, -0.1) is 13.2 Å². The van der Waals surface area contributed by atoms with Gasteiger partial charge in [0.2, 0.25) is 0 Å². The van der Waals surface area contributed by atoms with E-state index < -0.39 is 6.36 Å². The highest BCUT2D eigenvalue weighted by atomic mass is 19.4. The lowest BCUT2D eigenvalue weighted by molar-refractivity contribution is -0.274. The smallest absolute Gasteiger partial charge is 0.406 e. The number of hydrogen-bond acceptors (Lipinski definition) is 3. The van der Waals surface area contributed by atoms with Crippen LogP contribution in [0.4, 0.5) is 13.2 Å². The quantitative estimate of drug-likeness (QED) is 0.643. The standard InChI is InChI=1S/C22H22F3N3O2/c1-26-15-19(18-4-2-3-5-20(18)26)21(29)28-12-10-27(11-13-28)14-16-6-8-17(9-7-16)30-22(23,24)25/h2-9,15H,10-14H2,1H3. The lowest BCUT2D eigenvalue weighted by atomic mass is 10.1. The fourth-order valence-electron chi connectivity index (χ4n) is 3.85. The number of benzene rings is 2. The van der Waals surface area contributed by atoms with E-state index >= 15 is 0 Å². The Morgan fingerprint density at radius 1 is 1.00 bits per heavy atom. The maximum absolute atomic E-state index is 13.0. The number of halogens is 3. The SMILES string of the molecule is Cn1cc(C(=O)N2CCN(Cc3ccc(OC(F)(F)F)cc3)CC2)c2ccccc21. The number of carbonyl (C=O) groups is 1. The summed E-state index contributed by atoms with van der Waals surface area (Å²) in [7, 11) is 1.93. The monoisotopic (exact) mass is 417 g/mol. The first kappa shape index (κ1) is 20.3. The minimum atomic E-state index is -4.69. The van der Waals surface area contributed by atoms with E-state index in [-0.39, 0.29) is 11.7 Å². The van der Waals surface area contributed by atoms with Crippen LogP contribution in [-0.4, -0.2) is 52.8 Å². The minimum Gasteiger partial charge on any atom is -0.406 e. The Morgan fingerprint density at radius 3 is 2.33 bits per heavy atom. The van der Waals surface area contributed by atoms with E-state index in [1.807, 2.05) is 47.0 Å². The highest BCUT2D eigenvalue weighted by Crippen LogP contribution is 2.24. The average Bonchev–Trinajstić information content (AvgIpc) is 3.05. The van der Waals surface area contributed by atoms with Crippen LogP contribution in [0.2, 0.25) is 0 Å². The second kappa shape index (κ2) is 8.02. The lowest BCUT2D eigenvalue weighted by Gasteiger charge is -2.34. The molecule has 0 bridgehead atoms. The number of para-hydroxylation sites is 1. The predicted molar refractivity (Wildman–Crippen MR) is 107 cm³/mol. The summed E-state index contributed by atoms with van der Waals surface area (Å²) in [6.45, 7) is 3.24. The number of hydrogen-bond donors (Lipinski definition) is 0. The van der Waals surface area contributed by atoms with Crippen LogP contribution in [0.1, 0.15) is 15.9 Å². The van der Waals surface area contributed by atoms with Crippen LogP contribution in [-0.2, 0) is 13.6 Å². The molecule has 30 heavy (non-hydrogen) atoms. The third-order valence-corrected chi connectivity index (χ3v) is 5.35. The molecule has 0 aliphatic carbocycles. The molecular formula is C22H22F3N3O2. The van der Waals surface area contributed by atoms with Crippen molar-refractivity contribution < 1.29 is 22.7 Å². The second-order valence-corrected chi connectivity index (χ2v) is 7.43. The van der Waals surface area contributed by atoms with E-state index in [4.69, 9.17) is 0 Å². The second-order valence-electron chi connectivity index (χ2n) is 7.43. The molecule has 4 rings (SSSR count). The zero-order valence-corrected chi connectivity index (χ0v) is 16.5. The van der Waals surface area contributed by atoms with E-state index in [0.29, 0.717) is 38.3 Å². The fraction of sp³-hybridized carbons (Fsp3) is 0.318. The first-order valence-electron chi connectivity index (χ1n) is 9.70. The van der Waals surface area contributed by atoms with E-state index in [1.54, 1.807) is 12.1 Å². The van der Waals surface area contributed by atoms with Crippen molar-refractivity contribution in [3.8, 4) is 5.75 Å². The minimum absolute atomic E-state index is 0.0279. The molecule has 1 amide bonds. The number of rotatable bonds is 4. The van der Waals surface area contributed by atoms with Crippen LogP contribution in [0.5, 0.6) is 5.75 Å². The van der Waals surface area contributed by atoms with Gasteiger partial charge < -0.3 is 14.2 Å². The Labute approximate surface area is 172 Å². The molecule has 3 aromatic rings. The molecule has 0 unspecified atom stereocenters. The molecule has 0 atom stereocenters. The van der Waals surface area contributed by atoms with Gasteiger partial charge in [0, 0.05) is 56.9 Å². The van der Waals surface area contributed by atoms with Crippen LogP contribution in [0.3, 0.4) is 0 Å². The molecule has 1 saturated heterocycles. The summed E-state index contributed by atoms with van der Waals surface area (Å²) in [5, 5.41) is 0.952. The van der Waals surface area contributed by atoms with Crippen LogP contribution in [0.15, 0.2) is 54.7 Å². The lowest BCUT2D eigenvalue weighted by Crippen LogP contribution is -2.48. The molecule has 1 fully saturated rings. The average molecular weight is 417 g/mol. The van der Waals surface area contributed by atoms with Gasteiger partial charge in [-0.25, -0.2) is 0 Å². The number of carbonyl (C=O) groups excluding carboxylic acids is 1. The number of piperazine rings is 1. The van der Waals surface area contributed by atoms with Crippen LogP contribution in [0.25, 0.3) is 10.9 Å². The Kier molecular flexibility index (Phi) is 5.42. The van der Waals surface area contributed by atoms with Crippen molar-refractivity contribution in [2.75, 3.05) is 26.2 Å². The molecule has 1 aliphatic heterocycles. The van der Waals surface area contributed by atoms with Gasteiger partial charge in [0.1, 0.15) is 5.75 Å². The van der Waals surface area contributed by atoms with E-state index in [2.05, 4.69) is 9.64 Å². The van der Waals surface area contributed by atoms with Gasteiger partial charge in [-0.3, -0.25) is 9.69 Å². The van der Waals surface area contributed by atoms with Crippen molar-refractivity contribution in [1.29, 1.82) is 0 Å². The molecular weight excluding hydrogens is 395 g/mol. The van der Waals surface area contributed by atoms with Gasteiger partial charge in [0.25, 0.3) is 5.91 Å². The number of ether oxygens (including phenoxy) is 1. The third-order valence-electron chi connectivity index (χ3n) is 5.35. The molecule has 0 N–H and O–H groups in total. The van der Waals surface area contributed by atoms with Crippen molar-refractivity contribution in [3.05, 3.63) is 65.9 Å². The molecule has 8 heteroatoms. The van der Waals surface area contributed by atoms with Gasteiger partial charge in [-0.1, -0.05) is 30.3 Å². The number of amides is 1. The summed E-state index contributed by atoms with van der Waals surface area (Å²) in [6.07, 6.45) is -2.81. The van der Waals surface area contributed by atoms with Gasteiger partial charge in [0.15, 0.2) is 0 Å². The van der Waals surface area contributed by atoms with Crippen molar-refractivity contribution >= 4 is 16.8 Å². The number of aryl methyl sites for hydroxylation is 1. The van der Waals surface area contributed by atoms with Crippen molar-refractivity contribution in [2.45, 2.75) is 12.9 Å². The molecule has 2 heterocycles. The zero-order valence-electron chi connectivity index (χ0n) is 16.5. The Balaban J connectivity index is 1.35. The van der Waals surface area contributed by atoms with Crippen LogP contribution >= 0.6 is 0 Å². The summed E-state index contributed by atoms with van der Waals surface area (Å²) in [6, 6.07) is 13.8. The molecule has 0 spiro atoms. The van der Waals surface area contributed by atoms with E-state index in [1.165, 1.54) is 12.1 Å². The summed E-state index contributed by atoms with van der Waals surface area (Å²) < 4.78 is 42.7. The van der Waals surface area contributed by atoms with E-state index in [9.17, 15) is 18.0 Å². The van der Waals surface area contributed by atoms with Crippen LogP contribution in [0, 0.1) is 0 Å². The van der Waals surface area contributed by atoms with E-state index in [0.717, 1.165) is 16.5 Å². The Bertz CT molecular complexity index is 1040. The van der Waals surface area contributed by atoms with Gasteiger partial charge in [-0.2, -0.15) is 0 Å². The number of fused-ring (bicyclic) bond motifs is 1. The largest absolute Gasteiger partial charge is 0.573 e. The molecule has 0 saturated carbocycles. The summed E-state index contributed by atoms with van der Waals surface area (Å²) in [5.41, 5.74) is 2.64. The maximum Gasteiger partial charge on any atom is 0.573 e. The summed E-state index contributed by atoms with van der Waals surface area (Å²) in [5.74, 6) is -0.197. The van der Waals surface area contributed by atoms with Gasteiger partial charge in [-0.05, 0) is 23.8 Å². The third kappa shape index (κ3) is 4.43. The number of nitrogens with zero attached hydrogens (tertiary/aromatic N) is 3. The summed E-state index contributed by atoms with van der Waals surface area (Å²) >= 11 is 0. The molecule has 2 aromatic carbocycles. The zero-order chi connectivity index (χ0) is 21.3. The topological polar surface area (TPSA) is 37.7 Å². The summed E-state index contributed by atoms with van der Waals surface area (Å²) in [4.78, 5) is 17.1. The van der Waals surface area contributed by atoms with Crippen molar-refractivity contribution in [1.82, 2.24) is 14.4 Å². The van der Waals surface area contributed by atoms with Crippen LogP contribution < -0.4 is 4.74 Å². The molecule has 1 aromatic heterocycles. The Hall–Kier alpha value is -3.00. The molecule has 5 nitrogen and oxygen atoms in total. The molecule has 0 radical (unpaired) electrons. The predicted octanol–water partition coefficient (Wildman–Crippen LogP) is 4.03. The first-order valence-corrected chi connectivity index (χ1v) is 9.70.